The Labute approximate surface area is 169 Å². The third-order valence-corrected chi connectivity index (χ3v) is 4.70. The number of aromatic nitrogens is 2. The fourth-order valence-electron chi connectivity index (χ4n) is 3.01. The van der Waals surface area contributed by atoms with Gasteiger partial charge in [0.2, 0.25) is 11.8 Å². The first-order valence-corrected chi connectivity index (χ1v) is 9.21. The minimum Gasteiger partial charge on any atom is -0.497 e. The van der Waals surface area contributed by atoms with Crippen molar-refractivity contribution >= 4 is 34.4 Å². The summed E-state index contributed by atoms with van der Waals surface area (Å²) < 4.78 is 6.93. The van der Waals surface area contributed by atoms with Crippen LogP contribution in [0.25, 0.3) is 16.8 Å². The summed E-state index contributed by atoms with van der Waals surface area (Å²) in [5.74, 6) is 0.162. The predicted molar refractivity (Wildman–Crippen MR) is 114 cm³/mol. The van der Waals surface area contributed by atoms with Crippen LogP contribution in [0.1, 0.15) is 17.0 Å². The second kappa shape index (κ2) is 8.60. The first-order valence-electron chi connectivity index (χ1n) is 9.21. The molecule has 3 aromatic rings. The summed E-state index contributed by atoms with van der Waals surface area (Å²) in [6, 6.07) is 11.7. The number of hydrogen-bond acceptors (Lipinski definition) is 4. The molecule has 0 bridgehead atoms. The van der Waals surface area contributed by atoms with Crippen LogP contribution in [0.5, 0.6) is 5.75 Å². The molecule has 2 amide bonds. The van der Waals surface area contributed by atoms with Crippen molar-refractivity contribution in [3.63, 3.8) is 0 Å². The van der Waals surface area contributed by atoms with Gasteiger partial charge in [0, 0.05) is 13.1 Å². The molecule has 7 nitrogen and oxygen atoms in total. The Kier molecular flexibility index (Phi) is 5.97. The number of rotatable bonds is 6. The highest BCUT2D eigenvalue weighted by Crippen LogP contribution is 2.22. The Morgan fingerprint density at radius 3 is 2.55 bits per heavy atom. The lowest BCUT2D eigenvalue weighted by atomic mass is 10.1. The summed E-state index contributed by atoms with van der Waals surface area (Å²) >= 11 is 0. The molecule has 0 aliphatic carbocycles. The number of anilines is 1. The number of methoxy groups -OCH3 is 1. The zero-order valence-corrected chi connectivity index (χ0v) is 16.9. The number of nitrogens with one attached hydrogen (secondary N) is 2. The summed E-state index contributed by atoms with van der Waals surface area (Å²) in [5.41, 5.74) is 3.16. The van der Waals surface area contributed by atoms with Crippen LogP contribution in [0.3, 0.4) is 0 Å². The van der Waals surface area contributed by atoms with Gasteiger partial charge in [-0.2, -0.15) is 5.10 Å². The number of amides is 2. The van der Waals surface area contributed by atoms with Crippen LogP contribution in [0.2, 0.25) is 0 Å². The van der Waals surface area contributed by atoms with E-state index in [1.54, 1.807) is 17.9 Å². The quantitative estimate of drug-likeness (QED) is 0.632. The number of benzene rings is 2. The van der Waals surface area contributed by atoms with Crippen molar-refractivity contribution < 1.29 is 14.3 Å². The van der Waals surface area contributed by atoms with Crippen molar-refractivity contribution in [2.45, 2.75) is 13.8 Å². The van der Waals surface area contributed by atoms with E-state index in [-0.39, 0.29) is 18.4 Å². The third kappa shape index (κ3) is 4.82. The number of aryl methyl sites for hydroxylation is 2. The Bertz CT molecular complexity index is 1100. The first kappa shape index (κ1) is 20.1. The van der Waals surface area contributed by atoms with Gasteiger partial charge >= 0.3 is 0 Å². The SMILES string of the molecule is COc1ccc2cc(/C=C/C(=O)NCC(=O)Nc3c(C)nn(C)c3C)ccc2c1. The van der Waals surface area contributed by atoms with Crippen LogP contribution in [-0.4, -0.2) is 35.2 Å². The fraction of sp³-hybridized carbons (Fsp3) is 0.227. The van der Waals surface area contributed by atoms with E-state index in [2.05, 4.69) is 15.7 Å². The smallest absolute Gasteiger partial charge is 0.244 e. The highest BCUT2D eigenvalue weighted by atomic mass is 16.5. The van der Waals surface area contributed by atoms with Gasteiger partial charge in [-0.15, -0.1) is 0 Å². The molecule has 150 valence electrons. The topological polar surface area (TPSA) is 85.2 Å². The molecular formula is C22H24N4O3. The maximum absolute atomic E-state index is 12.1. The number of nitrogens with zero attached hydrogens (tertiary/aromatic N) is 2. The van der Waals surface area contributed by atoms with E-state index < -0.39 is 0 Å². The molecule has 0 fully saturated rings. The lowest BCUT2D eigenvalue weighted by molar-refractivity contribution is -0.121. The molecule has 1 aromatic heterocycles. The molecule has 1 heterocycles. The van der Waals surface area contributed by atoms with Gasteiger partial charge in [-0.05, 0) is 54.5 Å². The van der Waals surface area contributed by atoms with Gasteiger partial charge in [-0.3, -0.25) is 14.3 Å². The number of hydrogen-bond donors (Lipinski definition) is 2. The molecule has 0 saturated carbocycles. The molecular weight excluding hydrogens is 368 g/mol. The minimum atomic E-state index is -0.338. The average molecular weight is 392 g/mol. The molecule has 0 radical (unpaired) electrons. The van der Waals surface area contributed by atoms with Gasteiger partial charge < -0.3 is 15.4 Å². The van der Waals surface area contributed by atoms with E-state index in [0.717, 1.165) is 33.5 Å². The number of fused-ring (bicyclic) bond motifs is 1. The highest BCUT2D eigenvalue weighted by molar-refractivity contribution is 5.98. The zero-order valence-electron chi connectivity index (χ0n) is 16.9. The number of carbonyl (C=O) groups excluding carboxylic acids is 2. The molecule has 2 N–H and O–H groups in total. The van der Waals surface area contributed by atoms with E-state index in [0.29, 0.717) is 5.69 Å². The molecule has 29 heavy (non-hydrogen) atoms. The van der Waals surface area contributed by atoms with Crippen LogP contribution in [-0.2, 0) is 16.6 Å². The number of ether oxygens (including phenoxy) is 1. The lowest BCUT2D eigenvalue weighted by Crippen LogP contribution is -2.31. The largest absolute Gasteiger partial charge is 0.497 e. The van der Waals surface area contributed by atoms with E-state index in [1.807, 2.05) is 57.3 Å². The molecule has 0 saturated heterocycles. The van der Waals surface area contributed by atoms with Crippen LogP contribution >= 0.6 is 0 Å². The normalized spacial score (nSPS) is 11.0. The minimum absolute atomic E-state index is 0.117. The second-order valence-corrected chi connectivity index (χ2v) is 6.74. The Hall–Kier alpha value is -3.61. The summed E-state index contributed by atoms with van der Waals surface area (Å²) in [6.07, 6.45) is 3.13. The van der Waals surface area contributed by atoms with Gasteiger partial charge in [0.05, 0.1) is 30.7 Å². The highest BCUT2D eigenvalue weighted by Gasteiger charge is 2.12. The zero-order chi connectivity index (χ0) is 21.0. The maximum Gasteiger partial charge on any atom is 0.244 e. The van der Waals surface area contributed by atoms with E-state index in [1.165, 1.54) is 6.08 Å². The monoisotopic (exact) mass is 392 g/mol. The molecule has 0 aliphatic heterocycles. The maximum atomic E-state index is 12.1. The molecule has 0 aliphatic rings. The van der Waals surface area contributed by atoms with Crippen LogP contribution in [0.4, 0.5) is 5.69 Å². The molecule has 7 heteroatoms. The third-order valence-electron chi connectivity index (χ3n) is 4.70. The lowest BCUT2D eigenvalue weighted by Gasteiger charge is -2.06. The first-order chi connectivity index (χ1) is 13.9. The van der Waals surface area contributed by atoms with Crippen LogP contribution in [0.15, 0.2) is 42.5 Å². The Morgan fingerprint density at radius 1 is 1.14 bits per heavy atom. The van der Waals surface area contributed by atoms with Crippen molar-refractivity contribution in [1.29, 1.82) is 0 Å². The summed E-state index contributed by atoms with van der Waals surface area (Å²) in [5, 5.41) is 11.7. The predicted octanol–water partition coefficient (Wildman–Crippen LogP) is 2.97. The van der Waals surface area contributed by atoms with Crippen molar-refractivity contribution in [1.82, 2.24) is 15.1 Å². The summed E-state index contributed by atoms with van der Waals surface area (Å²) in [4.78, 5) is 24.2. The summed E-state index contributed by atoms with van der Waals surface area (Å²) in [7, 11) is 3.45. The van der Waals surface area contributed by atoms with Gasteiger partial charge in [0.25, 0.3) is 0 Å². The van der Waals surface area contributed by atoms with Crippen molar-refractivity contribution in [3.05, 3.63) is 59.4 Å². The van der Waals surface area contributed by atoms with Gasteiger partial charge in [-0.1, -0.05) is 18.2 Å². The van der Waals surface area contributed by atoms with Crippen LogP contribution in [0, 0.1) is 13.8 Å². The standard InChI is InChI=1S/C22H24N4O3/c1-14-22(15(2)26(3)25-14)24-21(28)13-23-20(27)10-6-16-5-7-18-12-19(29-4)9-8-17(18)11-16/h5-12H,13H2,1-4H3,(H,23,27)(H,24,28)/b10-6+. The van der Waals surface area contributed by atoms with Crippen molar-refractivity contribution in [3.8, 4) is 5.75 Å². The fourth-order valence-corrected chi connectivity index (χ4v) is 3.01. The van der Waals surface area contributed by atoms with E-state index in [4.69, 9.17) is 4.74 Å². The van der Waals surface area contributed by atoms with Crippen molar-refractivity contribution in [2.24, 2.45) is 7.05 Å². The van der Waals surface area contributed by atoms with E-state index >= 15 is 0 Å². The van der Waals surface area contributed by atoms with Gasteiger partial charge in [0.15, 0.2) is 0 Å². The molecule has 0 unspecified atom stereocenters. The second-order valence-electron chi connectivity index (χ2n) is 6.74. The summed E-state index contributed by atoms with van der Waals surface area (Å²) in [6.45, 7) is 3.58. The Morgan fingerprint density at radius 2 is 1.86 bits per heavy atom. The van der Waals surface area contributed by atoms with Crippen LogP contribution < -0.4 is 15.4 Å². The number of carbonyl (C=O) groups is 2. The van der Waals surface area contributed by atoms with Gasteiger partial charge in [-0.25, -0.2) is 0 Å². The molecule has 3 rings (SSSR count). The van der Waals surface area contributed by atoms with Crippen molar-refractivity contribution in [2.75, 3.05) is 19.0 Å². The molecule has 0 atom stereocenters. The average Bonchev–Trinajstić information content (AvgIpc) is 2.96. The van der Waals surface area contributed by atoms with E-state index in [9.17, 15) is 9.59 Å². The van der Waals surface area contributed by atoms with Gasteiger partial charge in [0.1, 0.15) is 5.75 Å². The molecule has 2 aromatic carbocycles. The molecule has 0 spiro atoms. The Balaban J connectivity index is 1.56.